The molecule has 0 saturated carbocycles. The third-order valence-electron chi connectivity index (χ3n) is 5.84. The summed E-state index contributed by atoms with van der Waals surface area (Å²) in [6.07, 6.45) is 0. The molecule has 0 atom stereocenters. The van der Waals surface area contributed by atoms with Gasteiger partial charge in [0.25, 0.3) is 11.1 Å². The fraction of sp³-hybridized carbons (Fsp3) is 0.318. The van der Waals surface area contributed by atoms with Gasteiger partial charge in [-0.25, -0.2) is 4.79 Å². The molecule has 0 bridgehead atoms. The molecule has 3 N–H and O–H groups in total. The van der Waals surface area contributed by atoms with Gasteiger partial charge in [0.1, 0.15) is 0 Å². The molecule has 0 aliphatic heterocycles. The molecule has 0 amide bonds. The molecule has 2 heterocycles. The maximum absolute atomic E-state index is 13.5. The molecule has 0 radical (unpaired) electrons. The number of aromatic nitrogens is 4. The van der Waals surface area contributed by atoms with Gasteiger partial charge in [0.2, 0.25) is 11.8 Å². The predicted octanol–water partition coefficient (Wildman–Crippen LogP) is 2.05. The van der Waals surface area contributed by atoms with Crippen LogP contribution in [0, 0.1) is 9.54 Å². The second-order valence-electron chi connectivity index (χ2n) is 8.04. The van der Waals surface area contributed by atoms with Crippen molar-refractivity contribution in [1.29, 1.82) is 0 Å². The number of hydrogen-bond donors (Lipinski definition) is 3. The zero-order valence-corrected chi connectivity index (χ0v) is 23.5. The fourth-order valence-electron chi connectivity index (χ4n) is 3.88. The van der Waals surface area contributed by atoms with Crippen molar-refractivity contribution >= 4 is 46.3 Å². The largest absolute Gasteiger partial charge is 0.494 e. The van der Waals surface area contributed by atoms with Gasteiger partial charge >= 0.3 is 5.97 Å². The molecule has 198 valence electrons. The van der Waals surface area contributed by atoms with E-state index in [-0.39, 0.29) is 42.2 Å². The van der Waals surface area contributed by atoms with Crippen LogP contribution in [0.3, 0.4) is 0 Å². The van der Waals surface area contributed by atoms with Crippen molar-refractivity contribution in [2.45, 2.75) is 5.92 Å². The predicted molar refractivity (Wildman–Crippen MR) is 141 cm³/mol. The molecule has 3 rings (SSSR count). The SMILES string of the molecule is COc1cc(C(c2c(O)n(C)c(=S)n(C)c2=O)c2c(O)n(C)c(=S)n(C)c2=O)cc(Br)c1OCC(=O)O. The van der Waals surface area contributed by atoms with Crippen molar-refractivity contribution in [3.63, 3.8) is 0 Å². The average Bonchev–Trinajstić information content (AvgIpc) is 2.86. The maximum atomic E-state index is 13.5. The first-order chi connectivity index (χ1) is 17.2. The number of nitrogens with zero attached hydrogens (tertiary/aromatic N) is 4. The zero-order chi connectivity index (χ0) is 27.9. The van der Waals surface area contributed by atoms with E-state index in [4.69, 9.17) is 39.0 Å². The molecule has 0 spiro atoms. The molecule has 1 aromatic carbocycles. The van der Waals surface area contributed by atoms with Gasteiger partial charge in [-0.2, -0.15) is 0 Å². The molecule has 12 nitrogen and oxygen atoms in total. The number of carboxylic acid groups (broad SMARTS) is 1. The Labute approximate surface area is 228 Å². The highest BCUT2D eigenvalue weighted by Gasteiger charge is 2.33. The first kappa shape index (κ1) is 28.1. The molecular formula is C22H23BrN4O8S2. The van der Waals surface area contributed by atoms with Crippen molar-refractivity contribution in [2.24, 2.45) is 28.2 Å². The number of carboxylic acids is 1. The molecule has 0 unspecified atom stereocenters. The van der Waals surface area contributed by atoms with E-state index < -0.39 is 41.4 Å². The summed E-state index contributed by atoms with van der Waals surface area (Å²) in [6, 6.07) is 2.87. The highest BCUT2D eigenvalue weighted by molar-refractivity contribution is 9.10. The lowest BCUT2D eigenvalue weighted by atomic mass is 9.86. The molecule has 2 aromatic heterocycles. The minimum Gasteiger partial charge on any atom is -0.494 e. The standard InChI is InChI=1S/C22H23BrN4O8S2/c1-24-17(30)14(18(31)25(2)21(24)36)13(15-19(32)26(3)22(37)27(4)20(15)33)9-6-10(23)16(11(7-9)34-5)35-8-12(28)29/h6-7,13,30,32H,8H2,1-5H3,(H,28,29). The summed E-state index contributed by atoms with van der Waals surface area (Å²) in [7, 11) is 7.03. The third-order valence-corrected chi connectivity index (χ3v) is 7.52. The summed E-state index contributed by atoms with van der Waals surface area (Å²) in [5, 5.41) is 31.2. The van der Waals surface area contributed by atoms with E-state index in [2.05, 4.69) is 15.9 Å². The second-order valence-corrected chi connectivity index (χ2v) is 9.62. The van der Waals surface area contributed by atoms with Gasteiger partial charge in [0.15, 0.2) is 27.6 Å². The maximum Gasteiger partial charge on any atom is 0.341 e. The highest BCUT2D eigenvalue weighted by atomic mass is 79.9. The Morgan fingerprint density at radius 2 is 1.41 bits per heavy atom. The van der Waals surface area contributed by atoms with Crippen LogP contribution in [0.4, 0.5) is 0 Å². The van der Waals surface area contributed by atoms with Gasteiger partial charge < -0.3 is 24.8 Å². The van der Waals surface area contributed by atoms with Gasteiger partial charge in [-0.15, -0.1) is 0 Å². The monoisotopic (exact) mass is 614 g/mol. The van der Waals surface area contributed by atoms with Crippen molar-refractivity contribution in [1.82, 2.24) is 18.3 Å². The van der Waals surface area contributed by atoms with Crippen molar-refractivity contribution in [2.75, 3.05) is 13.7 Å². The van der Waals surface area contributed by atoms with Crippen molar-refractivity contribution in [3.05, 3.63) is 63.5 Å². The highest BCUT2D eigenvalue weighted by Crippen LogP contribution is 2.43. The summed E-state index contributed by atoms with van der Waals surface area (Å²) >= 11 is 13.8. The first-order valence-electron chi connectivity index (χ1n) is 10.4. The molecule has 3 aromatic rings. The topological polar surface area (TPSA) is 150 Å². The van der Waals surface area contributed by atoms with Crippen molar-refractivity contribution in [3.8, 4) is 23.3 Å². The Morgan fingerprint density at radius 1 is 0.946 bits per heavy atom. The summed E-state index contributed by atoms with van der Waals surface area (Å²) in [5.41, 5.74) is -1.70. The van der Waals surface area contributed by atoms with Crippen LogP contribution in [0.1, 0.15) is 22.6 Å². The minimum absolute atomic E-state index is 0.0183. The number of rotatable bonds is 7. The van der Waals surface area contributed by atoms with Crippen molar-refractivity contribution < 1.29 is 29.6 Å². The molecular weight excluding hydrogens is 592 g/mol. The van der Waals surface area contributed by atoms with Crippen LogP contribution in [-0.4, -0.2) is 53.3 Å². The van der Waals surface area contributed by atoms with E-state index in [1.54, 1.807) is 0 Å². The van der Waals surface area contributed by atoms with Crippen LogP contribution in [0.5, 0.6) is 23.3 Å². The van der Waals surface area contributed by atoms with Crippen LogP contribution in [0.15, 0.2) is 26.2 Å². The number of hydrogen-bond acceptors (Lipinski definition) is 9. The number of carbonyl (C=O) groups is 1. The van der Waals surface area contributed by atoms with E-state index in [9.17, 15) is 24.6 Å². The van der Waals surface area contributed by atoms with E-state index in [0.717, 1.165) is 9.13 Å². The fourth-order valence-corrected chi connectivity index (χ4v) is 4.80. The Hall–Kier alpha value is -3.43. The number of benzene rings is 1. The summed E-state index contributed by atoms with van der Waals surface area (Å²) in [4.78, 5) is 38.0. The smallest absolute Gasteiger partial charge is 0.341 e. The number of halogens is 1. The number of ether oxygens (including phenoxy) is 2. The number of aliphatic carboxylic acids is 1. The minimum atomic E-state index is -1.35. The number of aromatic hydroxyl groups is 2. The quantitative estimate of drug-likeness (QED) is 0.337. The van der Waals surface area contributed by atoms with Crippen LogP contribution < -0.4 is 20.6 Å². The zero-order valence-electron chi connectivity index (χ0n) is 20.3. The summed E-state index contributed by atoms with van der Waals surface area (Å²) < 4.78 is 15.6. The molecule has 0 saturated heterocycles. The molecule has 0 fully saturated rings. The Balaban J connectivity index is 2.54. The van der Waals surface area contributed by atoms with Crippen LogP contribution in [0.2, 0.25) is 0 Å². The van der Waals surface area contributed by atoms with Gasteiger partial charge in [-0.3, -0.25) is 27.9 Å². The Kier molecular flexibility index (Phi) is 8.00. The van der Waals surface area contributed by atoms with Gasteiger partial charge in [-0.1, -0.05) is 0 Å². The average molecular weight is 615 g/mol. The Bertz CT molecular complexity index is 1590. The van der Waals surface area contributed by atoms with E-state index in [1.807, 2.05) is 0 Å². The third kappa shape index (κ3) is 4.81. The van der Waals surface area contributed by atoms with Crippen LogP contribution >= 0.6 is 40.4 Å². The molecule has 15 heteroatoms. The molecule has 0 aliphatic carbocycles. The lowest BCUT2D eigenvalue weighted by Crippen LogP contribution is -2.33. The Morgan fingerprint density at radius 3 is 1.81 bits per heavy atom. The van der Waals surface area contributed by atoms with Gasteiger partial charge in [0.05, 0.1) is 28.6 Å². The molecule has 37 heavy (non-hydrogen) atoms. The number of methoxy groups -OCH3 is 1. The summed E-state index contributed by atoms with van der Waals surface area (Å²) in [6.45, 7) is -0.660. The van der Waals surface area contributed by atoms with Crippen LogP contribution in [0.25, 0.3) is 0 Å². The normalized spacial score (nSPS) is 11.1. The van der Waals surface area contributed by atoms with Gasteiger partial charge in [0, 0.05) is 28.2 Å². The van der Waals surface area contributed by atoms with Gasteiger partial charge in [-0.05, 0) is 58.1 Å². The van der Waals surface area contributed by atoms with E-state index >= 15 is 0 Å². The first-order valence-corrected chi connectivity index (χ1v) is 12.0. The molecule has 0 aliphatic rings. The summed E-state index contributed by atoms with van der Waals surface area (Å²) in [5.74, 6) is -3.49. The van der Waals surface area contributed by atoms with Crippen LogP contribution in [-0.2, 0) is 33.0 Å². The van der Waals surface area contributed by atoms with E-state index in [1.165, 1.54) is 56.6 Å². The lowest BCUT2D eigenvalue weighted by Gasteiger charge is -2.24. The van der Waals surface area contributed by atoms with E-state index in [0.29, 0.717) is 0 Å². The lowest BCUT2D eigenvalue weighted by molar-refractivity contribution is -0.139. The second kappa shape index (κ2) is 10.5.